The van der Waals surface area contributed by atoms with E-state index in [0.29, 0.717) is 17.9 Å². The first-order valence-electron chi connectivity index (χ1n) is 13.9. The number of aryl methyl sites for hydroxylation is 1. The summed E-state index contributed by atoms with van der Waals surface area (Å²) in [5, 5.41) is 4.99. The van der Waals surface area contributed by atoms with Crippen LogP contribution in [0.2, 0.25) is 0 Å². The Morgan fingerprint density at radius 2 is 1.65 bits per heavy atom. The van der Waals surface area contributed by atoms with Crippen LogP contribution in [0.4, 0.5) is 11.4 Å². The summed E-state index contributed by atoms with van der Waals surface area (Å²) in [4.78, 5) is 48.6. The standard InChI is InChI=1S/C31H38N6O3/c1-21-12-13-23-8-4-5-9-24(23)25(21)18-37-28-11-7-6-10-27(28)36(19-26(31(37)40)33-30(39)22(2)32)29(38)20-35-16-14-34(3)15-17-35/h4-13,22,26H,14-20,32H2,1-3H3,(H,33,39)/t22-,26-/m0/s1. The number of carbonyl (C=O) groups is 3. The van der Waals surface area contributed by atoms with Crippen molar-refractivity contribution in [2.24, 2.45) is 5.73 Å². The van der Waals surface area contributed by atoms with Gasteiger partial charge in [0.2, 0.25) is 11.8 Å². The Kier molecular flexibility index (Phi) is 8.16. The van der Waals surface area contributed by atoms with Crippen LogP contribution in [-0.2, 0) is 20.9 Å². The highest BCUT2D eigenvalue weighted by atomic mass is 16.2. The van der Waals surface area contributed by atoms with Crippen LogP contribution in [0.25, 0.3) is 10.8 Å². The molecule has 0 saturated carbocycles. The van der Waals surface area contributed by atoms with Gasteiger partial charge in [0.15, 0.2) is 0 Å². The summed E-state index contributed by atoms with van der Waals surface area (Å²) in [5.41, 5.74) is 9.25. The van der Waals surface area contributed by atoms with Gasteiger partial charge in [-0.25, -0.2) is 0 Å². The van der Waals surface area contributed by atoms with E-state index in [2.05, 4.69) is 46.4 Å². The molecule has 3 N–H and O–H groups in total. The third kappa shape index (κ3) is 5.72. The first-order valence-corrected chi connectivity index (χ1v) is 13.9. The SMILES string of the molecule is Cc1ccc2ccccc2c1CN1C(=O)[C@@H](NC(=O)[C@H](C)N)CN(C(=O)CN2CCN(C)CC2)c2ccccc21. The molecule has 0 bridgehead atoms. The van der Waals surface area contributed by atoms with Gasteiger partial charge >= 0.3 is 0 Å². The molecule has 2 aliphatic heterocycles. The molecule has 3 amide bonds. The molecular formula is C31H38N6O3. The number of carbonyl (C=O) groups excluding carboxylic acids is 3. The molecule has 9 nitrogen and oxygen atoms in total. The number of benzene rings is 3. The van der Waals surface area contributed by atoms with Gasteiger partial charge in [-0.2, -0.15) is 0 Å². The predicted molar refractivity (Wildman–Crippen MR) is 158 cm³/mol. The third-order valence-corrected chi connectivity index (χ3v) is 7.97. The molecule has 40 heavy (non-hydrogen) atoms. The fraction of sp³-hybridized carbons (Fsp3) is 0.387. The number of likely N-dealkylation sites (N-methyl/N-ethyl adjacent to an activating group) is 1. The fourth-order valence-corrected chi connectivity index (χ4v) is 5.49. The molecule has 1 fully saturated rings. The molecule has 0 spiro atoms. The van der Waals surface area contributed by atoms with Crippen LogP contribution in [0, 0.1) is 6.92 Å². The molecule has 210 valence electrons. The van der Waals surface area contributed by atoms with E-state index in [-0.39, 0.29) is 24.9 Å². The van der Waals surface area contributed by atoms with Crippen molar-refractivity contribution in [3.63, 3.8) is 0 Å². The van der Waals surface area contributed by atoms with Crippen molar-refractivity contribution in [3.8, 4) is 0 Å². The monoisotopic (exact) mass is 542 g/mol. The number of nitrogens with zero attached hydrogens (tertiary/aromatic N) is 4. The van der Waals surface area contributed by atoms with Crippen LogP contribution in [0.5, 0.6) is 0 Å². The minimum Gasteiger partial charge on any atom is -0.341 e. The fourth-order valence-electron chi connectivity index (χ4n) is 5.49. The van der Waals surface area contributed by atoms with Gasteiger partial charge < -0.3 is 25.8 Å². The quantitative estimate of drug-likeness (QED) is 0.495. The van der Waals surface area contributed by atoms with Crippen molar-refractivity contribution in [1.29, 1.82) is 0 Å². The molecule has 2 heterocycles. The number of hydrogen-bond donors (Lipinski definition) is 2. The van der Waals surface area contributed by atoms with Crippen LogP contribution in [0.15, 0.2) is 60.7 Å². The Balaban J connectivity index is 1.55. The van der Waals surface area contributed by atoms with Gasteiger partial charge in [0.05, 0.1) is 37.1 Å². The number of para-hydroxylation sites is 2. The minimum absolute atomic E-state index is 0.0336. The summed E-state index contributed by atoms with van der Waals surface area (Å²) < 4.78 is 0. The first-order chi connectivity index (χ1) is 19.2. The van der Waals surface area contributed by atoms with Crippen LogP contribution in [0.1, 0.15) is 18.1 Å². The van der Waals surface area contributed by atoms with Crippen molar-refractivity contribution >= 4 is 39.9 Å². The molecular weight excluding hydrogens is 504 g/mol. The summed E-state index contributed by atoms with van der Waals surface area (Å²) in [6.07, 6.45) is 0. The first kappa shape index (κ1) is 27.8. The third-order valence-electron chi connectivity index (χ3n) is 7.97. The molecule has 0 aliphatic carbocycles. The summed E-state index contributed by atoms with van der Waals surface area (Å²) in [6.45, 7) is 7.59. The Labute approximate surface area is 235 Å². The van der Waals surface area contributed by atoms with E-state index in [1.165, 1.54) is 0 Å². The highest BCUT2D eigenvalue weighted by molar-refractivity contribution is 6.08. The van der Waals surface area contributed by atoms with Gasteiger partial charge in [0.25, 0.3) is 5.91 Å². The van der Waals surface area contributed by atoms with Crippen molar-refractivity contribution in [1.82, 2.24) is 15.1 Å². The molecule has 2 aliphatic rings. The zero-order chi connectivity index (χ0) is 28.4. The maximum absolute atomic E-state index is 14.2. The average Bonchev–Trinajstić information content (AvgIpc) is 3.06. The van der Waals surface area contributed by atoms with Crippen molar-refractivity contribution in [3.05, 3.63) is 71.8 Å². The Bertz CT molecular complexity index is 1420. The lowest BCUT2D eigenvalue weighted by Gasteiger charge is -2.34. The summed E-state index contributed by atoms with van der Waals surface area (Å²) in [6, 6.07) is 18.0. The van der Waals surface area contributed by atoms with E-state index in [1.54, 1.807) is 16.7 Å². The molecule has 0 radical (unpaired) electrons. The number of amides is 3. The van der Waals surface area contributed by atoms with Gasteiger partial charge in [-0.1, -0.05) is 48.5 Å². The number of piperazine rings is 1. The predicted octanol–water partition coefficient (Wildman–Crippen LogP) is 2.11. The number of anilines is 2. The zero-order valence-electron chi connectivity index (χ0n) is 23.5. The van der Waals surface area contributed by atoms with E-state index < -0.39 is 18.0 Å². The molecule has 0 unspecified atom stereocenters. The van der Waals surface area contributed by atoms with Gasteiger partial charge in [-0.05, 0) is 54.9 Å². The molecule has 9 heteroatoms. The van der Waals surface area contributed by atoms with Crippen LogP contribution >= 0.6 is 0 Å². The molecule has 3 aromatic carbocycles. The lowest BCUT2D eigenvalue weighted by Crippen LogP contribution is -2.56. The molecule has 3 aromatic rings. The normalized spacial score (nSPS) is 19.3. The highest BCUT2D eigenvalue weighted by Gasteiger charge is 2.38. The lowest BCUT2D eigenvalue weighted by molar-refractivity contribution is -0.128. The Morgan fingerprint density at radius 1 is 0.975 bits per heavy atom. The number of nitrogens with one attached hydrogen (secondary N) is 1. The van der Waals surface area contributed by atoms with Gasteiger partial charge in [-0.3, -0.25) is 19.3 Å². The lowest BCUT2D eigenvalue weighted by atomic mass is 9.99. The maximum atomic E-state index is 14.2. The second-order valence-electron chi connectivity index (χ2n) is 10.9. The summed E-state index contributed by atoms with van der Waals surface area (Å²) >= 11 is 0. The zero-order valence-corrected chi connectivity index (χ0v) is 23.5. The topological polar surface area (TPSA) is 102 Å². The second kappa shape index (κ2) is 11.8. The van der Waals surface area contributed by atoms with E-state index in [0.717, 1.165) is 48.1 Å². The van der Waals surface area contributed by atoms with Crippen molar-refractivity contribution < 1.29 is 14.4 Å². The summed E-state index contributed by atoms with van der Waals surface area (Å²) in [5.74, 6) is -0.811. The number of rotatable bonds is 6. The maximum Gasteiger partial charge on any atom is 0.251 e. The Morgan fingerprint density at radius 3 is 2.38 bits per heavy atom. The number of hydrogen-bond acceptors (Lipinski definition) is 6. The molecule has 0 aromatic heterocycles. The van der Waals surface area contributed by atoms with Crippen LogP contribution in [-0.4, -0.2) is 85.9 Å². The number of fused-ring (bicyclic) bond motifs is 2. The van der Waals surface area contributed by atoms with E-state index in [9.17, 15) is 14.4 Å². The van der Waals surface area contributed by atoms with Gasteiger partial charge in [0.1, 0.15) is 6.04 Å². The minimum atomic E-state index is -0.947. The molecule has 5 rings (SSSR count). The largest absolute Gasteiger partial charge is 0.341 e. The Hall–Kier alpha value is -3.79. The van der Waals surface area contributed by atoms with Crippen molar-refractivity contribution in [2.45, 2.75) is 32.5 Å². The number of nitrogens with two attached hydrogens (primary N) is 1. The van der Waals surface area contributed by atoms with Crippen LogP contribution < -0.4 is 20.9 Å². The highest BCUT2D eigenvalue weighted by Crippen LogP contribution is 2.35. The van der Waals surface area contributed by atoms with Crippen LogP contribution in [0.3, 0.4) is 0 Å². The average molecular weight is 543 g/mol. The van der Waals surface area contributed by atoms with Crippen molar-refractivity contribution in [2.75, 3.05) is 56.1 Å². The van der Waals surface area contributed by atoms with E-state index in [1.807, 2.05) is 43.3 Å². The molecule has 2 atom stereocenters. The van der Waals surface area contributed by atoms with Gasteiger partial charge in [0, 0.05) is 26.2 Å². The summed E-state index contributed by atoms with van der Waals surface area (Å²) in [7, 11) is 2.08. The second-order valence-corrected chi connectivity index (χ2v) is 10.9. The van der Waals surface area contributed by atoms with E-state index >= 15 is 0 Å². The van der Waals surface area contributed by atoms with E-state index in [4.69, 9.17) is 5.73 Å². The smallest absolute Gasteiger partial charge is 0.251 e. The molecule has 1 saturated heterocycles. The van der Waals surface area contributed by atoms with Gasteiger partial charge in [-0.15, -0.1) is 0 Å².